The molecule has 2 aliphatic heterocycles. The van der Waals surface area contributed by atoms with Crippen molar-refractivity contribution in [3.8, 4) is 28.1 Å². The molecule has 18 nitrogen and oxygen atoms in total. The summed E-state index contributed by atoms with van der Waals surface area (Å²) >= 11 is 0. The van der Waals surface area contributed by atoms with Crippen LogP contribution in [0.3, 0.4) is 0 Å². The zero-order valence-corrected chi connectivity index (χ0v) is 40.8. The van der Waals surface area contributed by atoms with E-state index in [0.29, 0.717) is 34.9 Å². The number of amides is 5. The number of nitrogens with one attached hydrogen (secondary N) is 5. The molecule has 2 aromatic heterocycles. The van der Waals surface area contributed by atoms with E-state index in [1.165, 1.54) is 30.3 Å². The fraction of sp³-hybridized carbons (Fsp3) is 0.500. The second-order valence-corrected chi connectivity index (χ2v) is 19.8. The van der Waals surface area contributed by atoms with Gasteiger partial charge in [-0.3, -0.25) is 19.3 Å². The highest BCUT2D eigenvalue weighted by molar-refractivity contribution is 6.05. The van der Waals surface area contributed by atoms with Crippen molar-refractivity contribution in [3.05, 3.63) is 78.4 Å². The number of alkyl halides is 3. The molecule has 1 aliphatic carbocycles. The molecule has 2 aromatic carbocycles. The predicted molar refractivity (Wildman–Crippen MR) is 256 cm³/mol. The van der Waals surface area contributed by atoms with E-state index in [-0.39, 0.29) is 72.7 Å². The third-order valence-electron chi connectivity index (χ3n) is 13.1. The number of alkyl carbamates (subject to hydrolysis) is 1. The van der Waals surface area contributed by atoms with Crippen molar-refractivity contribution < 1.29 is 56.5 Å². The fourth-order valence-electron chi connectivity index (χ4n) is 9.66. The van der Waals surface area contributed by atoms with Gasteiger partial charge in [-0.25, -0.2) is 19.6 Å². The van der Waals surface area contributed by atoms with Gasteiger partial charge in [-0.2, -0.15) is 0 Å². The van der Waals surface area contributed by atoms with Crippen LogP contribution in [-0.4, -0.2) is 122 Å². The molecule has 3 fully saturated rings. The number of ether oxygens (including phenoxy) is 3. The van der Waals surface area contributed by atoms with Crippen LogP contribution in [0.25, 0.3) is 22.4 Å². The summed E-state index contributed by atoms with van der Waals surface area (Å²) in [6.07, 6.45) is 0.304. The van der Waals surface area contributed by atoms with Gasteiger partial charge in [-0.05, 0) is 100 Å². The van der Waals surface area contributed by atoms with Crippen molar-refractivity contribution in [2.45, 2.75) is 122 Å². The molecular formula is C50H62F3N9O9. The van der Waals surface area contributed by atoms with E-state index in [1.54, 1.807) is 70.3 Å². The standard InChI is InChI=1S/C50H62F3N9O9/c1-28(2)41(60-46(67)69-7)44(65)62-37-11-9-8-10-31(37)22-38(62)42-57-26-36(59-42)30-14-12-29(13-15-30)35-18-16-32(23-39(35)70-50(51,52)53)43(64)58-33-17-19-40(56-25-33)54-20-21-55-45(66)49(6)24-34(63)27-61(49)47(68)71-48(3,4)5/h12-19,23,25-26,28,31,34,37-38,41,63H,8-11,20-22,24,27H2,1-7H3,(H,54,56)(H,55,66)(H,57,59)(H,58,64)(H,60,67)/t31-,34+,37-,38-,41-,49-/m0/s1. The normalized spacial score (nSPS) is 21.5. The first-order valence-electron chi connectivity index (χ1n) is 23.7. The van der Waals surface area contributed by atoms with Gasteiger partial charge in [0.2, 0.25) is 11.8 Å². The molecule has 71 heavy (non-hydrogen) atoms. The molecule has 2 saturated heterocycles. The number of halogens is 3. The lowest BCUT2D eigenvalue weighted by Crippen LogP contribution is -2.56. The Morgan fingerprint density at radius 2 is 1.66 bits per heavy atom. The predicted octanol–water partition coefficient (Wildman–Crippen LogP) is 7.79. The summed E-state index contributed by atoms with van der Waals surface area (Å²) in [5.41, 5.74) is -0.179. The lowest BCUT2D eigenvalue weighted by Gasteiger charge is -2.36. The summed E-state index contributed by atoms with van der Waals surface area (Å²) in [5.74, 6) is -0.890. The van der Waals surface area contributed by atoms with Gasteiger partial charge in [0.25, 0.3) is 5.91 Å². The zero-order valence-electron chi connectivity index (χ0n) is 40.8. The number of aliphatic hydroxyl groups excluding tert-OH is 1. The van der Waals surface area contributed by atoms with Crippen LogP contribution in [0.1, 0.15) is 102 Å². The molecule has 1 saturated carbocycles. The van der Waals surface area contributed by atoms with Crippen LogP contribution >= 0.6 is 0 Å². The number of carbonyl (C=O) groups excluding carboxylic acids is 5. The molecule has 0 unspecified atom stereocenters. The number of H-pyrrole nitrogens is 1. The minimum atomic E-state index is -5.07. The number of aromatic amines is 1. The second-order valence-electron chi connectivity index (χ2n) is 19.8. The van der Waals surface area contributed by atoms with Crippen LogP contribution in [0.15, 0.2) is 67.0 Å². The van der Waals surface area contributed by atoms with Crippen LogP contribution in [0.4, 0.5) is 34.3 Å². The third-order valence-corrected chi connectivity index (χ3v) is 13.1. The van der Waals surface area contributed by atoms with Gasteiger partial charge in [-0.1, -0.05) is 51.0 Å². The molecule has 0 radical (unpaired) electrons. The van der Waals surface area contributed by atoms with E-state index in [0.717, 1.165) is 31.7 Å². The van der Waals surface area contributed by atoms with Gasteiger partial charge >= 0.3 is 18.5 Å². The number of methoxy groups -OCH3 is 1. The molecule has 0 spiro atoms. The molecule has 6 atom stereocenters. The van der Waals surface area contributed by atoms with Gasteiger partial charge in [0.15, 0.2) is 0 Å². The Hall–Kier alpha value is -6.90. The number of carbonyl (C=O) groups is 5. The number of likely N-dealkylation sites (tertiary alicyclic amines) is 2. The number of aromatic nitrogens is 3. The van der Waals surface area contributed by atoms with Crippen LogP contribution in [0.5, 0.6) is 5.75 Å². The van der Waals surface area contributed by atoms with Crippen molar-refractivity contribution in [3.63, 3.8) is 0 Å². The molecule has 4 heterocycles. The average molecular weight is 990 g/mol. The van der Waals surface area contributed by atoms with Crippen LogP contribution in [0, 0.1) is 11.8 Å². The lowest BCUT2D eigenvalue weighted by molar-refractivity contribution is -0.274. The lowest BCUT2D eigenvalue weighted by atomic mass is 9.84. The van der Waals surface area contributed by atoms with Gasteiger partial charge < -0.3 is 50.5 Å². The molecule has 0 bridgehead atoms. The Bertz CT molecular complexity index is 2570. The van der Waals surface area contributed by atoms with E-state index in [2.05, 4.69) is 36.0 Å². The maximum absolute atomic E-state index is 14.2. The van der Waals surface area contributed by atoms with E-state index < -0.39 is 59.4 Å². The Balaban J connectivity index is 0.982. The highest BCUT2D eigenvalue weighted by Crippen LogP contribution is 2.46. The molecule has 5 amide bonds. The highest BCUT2D eigenvalue weighted by atomic mass is 19.4. The first-order chi connectivity index (χ1) is 33.5. The zero-order chi connectivity index (χ0) is 51.4. The third kappa shape index (κ3) is 12.4. The van der Waals surface area contributed by atoms with Crippen LogP contribution in [0.2, 0.25) is 0 Å². The molecule has 3 aliphatic rings. The van der Waals surface area contributed by atoms with Crippen molar-refractivity contribution in [1.82, 2.24) is 35.4 Å². The van der Waals surface area contributed by atoms with Gasteiger partial charge in [0.05, 0.1) is 49.6 Å². The van der Waals surface area contributed by atoms with Crippen molar-refractivity contribution in [1.29, 1.82) is 0 Å². The SMILES string of the molecule is COC(=O)N[C@H](C(=O)N1[C@H](c2ncc(-c3ccc(-c4ccc(C(=O)Nc5ccc(NCCNC(=O)[C@]6(C)C[C@@H](O)CN6C(=O)OC(C)(C)C)nc5)cc4OC(F)(F)F)cc3)[nH]2)C[C@@H]2CCCC[C@@H]21)C(C)C. The van der Waals surface area contributed by atoms with Crippen LogP contribution in [-0.2, 0) is 19.1 Å². The number of β-amino-alcohol motifs (C(OH)–C–C–N with tert-alkyl or cyclic N) is 1. The summed E-state index contributed by atoms with van der Waals surface area (Å²) in [5, 5.41) is 21.5. The van der Waals surface area contributed by atoms with Crippen molar-refractivity contribution in [2.75, 3.05) is 37.4 Å². The van der Waals surface area contributed by atoms with E-state index in [9.17, 15) is 42.3 Å². The molecule has 382 valence electrons. The van der Waals surface area contributed by atoms with Crippen LogP contribution < -0.4 is 26.0 Å². The number of benzene rings is 2. The minimum Gasteiger partial charge on any atom is -0.453 e. The summed E-state index contributed by atoms with van der Waals surface area (Å²) < 4.78 is 56.1. The number of anilines is 2. The summed E-state index contributed by atoms with van der Waals surface area (Å²) in [7, 11) is 1.25. The van der Waals surface area contributed by atoms with E-state index in [1.807, 2.05) is 18.7 Å². The number of imidazole rings is 1. The topological polar surface area (TPSA) is 229 Å². The number of nitrogens with zero attached hydrogens (tertiary/aromatic N) is 4. The second kappa shape index (κ2) is 21.2. The number of fused-ring (bicyclic) bond motifs is 1. The molecule has 6 N–H and O–H groups in total. The van der Waals surface area contributed by atoms with E-state index >= 15 is 0 Å². The van der Waals surface area contributed by atoms with Gasteiger partial charge in [0.1, 0.15) is 34.6 Å². The number of aliphatic hydroxyl groups is 1. The number of pyridine rings is 1. The number of hydrogen-bond donors (Lipinski definition) is 6. The molecule has 7 rings (SSSR count). The largest absolute Gasteiger partial charge is 0.573 e. The molecular weight excluding hydrogens is 928 g/mol. The Morgan fingerprint density at radius 1 is 0.944 bits per heavy atom. The summed E-state index contributed by atoms with van der Waals surface area (Å²) in [6.45, 7) is 10.8. The molecule has 4 aromatic rings. The number of hydrogen-bond acceptors (Lipinski definition) is 12. The van der Waals surface area contributed by atoms with Gasteiger partial charge in [0, 0.05) is 36.7 Å². The average Bonchev–Trinajstić information content (AvgIpc) is 4.04. The highest BCUT2D eigenvalue weighted by Gasteiger charge is 2.51. The van der Waals surface area contributed by atoms with E-state index in [4.69, 9.17) is 14.5 Å². The quantitative estimate of drug-likeness (QED) is 0.0666. The summed E-state index contributed by atoms with van der Waals surface area (Å²) in [4.78, 5) is 81.3. The maximum Gasteiger partial charge on any atom is 0.573 e. The fourth-order valence-corrected chi connectivity index (χ4v) is 9.66. The Kier molecular flexibility index (Phi) is 15.5. The Morgan fingerprint density at radius 3 is 2.32 bits per heavy atom. The molecule has 21 heteroatoms. The van der Waals surface area contributed by atoms with Crippen molar-refractivity contribution in [2.24, 2.45) is 11.8 Å². The first kappa shape index (κ1) is 51.9. The first-order valence-corrected chi connectivity index (χ1v) is 23.7. The number of rotatable bonds is 14. The maximum atomic E-state index is 14.2. The monoisotopic (exact) mass is 989 g/mol. The smallest absolute Gasteiger partial charge is 0.453 e. The minimum absolute atomic E-state index is 0.000222. The Labute approximate surface area is 409 Å². The summed E-state index contributed by atoms with van der Waals surface area (Å²) in [6, 6.07) is 12.4. The van der Waals surface area contributed by atoms with Gasteiger partial charge in [-0.15, -0.1) is 13.2 Å². The van der Waals surface area contributed by atoms with Crippen molar-refractivity contribution >= 4 is 41.4 Å².